The summed E-state index contributed by atoms with van der Waals surface area (Å²) >= 11 is 0. The first kappa shape index (κ1) is 20.9. The molecule has 6 nitrogen and oxygen atoms in total. The van der Waals surface area contributed by atoms with Gasteiger partial charge in [0.25, 0.3) is 0 Å². The normalized spacial score (nSPS) is 18.8. The van der Waals surface area contributed by atoms with E-state index in [0.29, 0.717) is 31.3 Å². The number of piperidine rings is 1. The van der Waals surface area contributed by atoms with Crippen LogP contribution >= 0.6 is 0 Å². The van der Waals surface area contributed by atoms with Crippen LogP contribution in [0.4, 0.5) is 5.69 Å². The summed E-state index contributed by atoms with van der Waals surface area (Å²) in [5.74, 6) is 4.18. The fraction of sp³-hybridized carbons (Fsp3) is 0.478. The molecule has 1 saturated heterocycles. The van der Waals surface area contributed by atoms with E-state index in [9.17, 15) is 4.79 Å². The fourth-order valence-corrected chi connectivity index (χ4v) is 3.89. The van der Waals surface area contributed by atoms with Gasteiger partial charge in [-0.15, -0.1) is 6.42 Å². The summed E-state index contributed by atoms with van der Waals surface area (Å²) in [4.78, 5) is 16.2. The Bertz CT molecular complexity index is 827. The molecule has 0 radical (unpaired) electrons. The Balaban J connectivity index is 1.58. The van der Waals surface area contributed by atoms with Crippen LogP contribution in [0.25, 0.3) is 0 Å². The van der Waals surface area contributed by atoms with Gasteiger partial charge in [-0.1, -0.05) is 29.3 Å². The first-order valence-corrected chi connectivity index (χ1v) is 10.2. The molecule has 0 aliphatic carbocycles. The maximum absolute atomic E-state index is 12.4. The van der Waals surface area contributed by atoms with Crippen molar-refractivity contribution in [3.63, 3.8) is 0 Å². The highest BCUT2D eigenvalue weighted by molar-refractivity contribution is 5.76. The minimum absolute atomic E-state index is 0.116. The summed E-state index contributed by atoms with van der Waals surface area (Å²) in [5.41, 5.74) is 2.08. The number of para-hydroxylation sites is 1. The molecule has 6 heteroatoms. The van der Waals surface area contributed by atoms with E-state index in [1.807, 2.05) is 31.3 Å². The average molecular weight is 395 g/mol. The van der Waals surface area contributed by atoms with Gasteiger partial charge in [0.1, 0.15) is 0 Å². The molecular weight excluding hydrogens is 364 g/mol. The smallest absolute Gasteiger partial charge is 0.223 e. The van der Waals surface area contributed by atoms with Gasteiger partial charge in [0.05, 0.1) is 18.8 Å². The molecule has 1 N–H and O–H groups in total. The summed E-state index contributed by atoms with van der Waals surface area (Å²) in [6.45, 7) is 2.86. The van der Waals surface area contributed by atoms with Gasteiger partial charge in [-0.2, -0.15) is 0 Å². The van der Waals surface area contributed by atoms with Crippen LogP contribution in [0.3, 0.4) is 0 Å². The van der Waals surface area contributed by atoms with Gasteiger partial charge in [-0.05, 0) is 49.9 Å². The second kappa shape index (κ2) is 10.1. The monoisotopic (exact) mass is 394 g/mol. The zero-order valence-electron chi connectivity index (χ0n) is 17.3. The van der Waals surface area contributed by atoms with E-state index in [0.717, 1.165) is 43.1 Å². The second-order valence-electron chi connectivity index (χ2n) is 7.85. The van der Waals surface area contributed by atoms with Gasteiger partial charge in [-0.3, -0.25) is 4.79 Å². The van der Waals surface area contributed by atoms with E-state index in [2.05, 4.69) is 33.4 Å². The van der Waals surface area contributed by atoms with Gasteiger partial charge in [0.15, 0.2) is 5.76 Å². The van der Waals surface area contributed by atoms with Gasteiger partial charge in [-0.25, -0.2) is 0 Å². The standard InChI is InChI=1S/C23H30N4O2/c1-4-12-26(2)23(28)14-18-10-11-24-16-19(18)13-20-15-22(29-25-20)17-27(3)21-8-6-5-7-9-21/h1,5-9,15,18-19,24H,10-14,16-17H2,2-3H3/t18-,19+/m1/s1. The lowest BCUT2D eigenvalue weighted by molar-refractivity contribution is -0.131. The van der Waals surface area contributed by atoms with E-state index in [4.69, 9.17) is 10.9 Å². The van der Waals surface area contributed by atoms with Gasteiger partial charge in [0.2, 0.25) is 5.91 Å². The van der Waals surface area contributed by atoms with Crippen molar-refractivity contribution < 1.29 is 9.32 Å². The van der Waals surface area contributed by atoms with E-state index >= 15 is 0 Å². The molecule has 154 valence electrons. The minimum Gasteiger partial charge on any atom is -0.367 e. The fourth-order valence-electron chi connectivity index (χ4n) is 3.89. The number of nitrogens with one attached hydrogen (secondary N) is 1. The molecule has 0 unspecified atom stereocenters. The molecule has 29 heavy (non-hydrogen) atoms. The topological polar surface area (TPSA) is 61.6 Å². The maximum Gasteiger partial charge on any atom is 0.223 e. The zero-order chi connectivity index (χ0) is 20.6. The lowest BCUT2D eigenvalue weighted by Gasteiger charge is -2.32. The molecule has 0 bridgehead atoms. The van der Waals surface area contributed by atoms with E-state index in [-0.39, 0.29) is 5.91 Å². The highest BCUT2D eigenvalue weighted by Gasteiger charge is 2.29. The summed E-state index contributed by atoms with van der Waals surface area (Å²) < 4.78 is 5.58. The Hall–Kier alpha value is -2.78. The van der Waals surface area contributed by atoms with Crippen molar-refractivity contribution in [1.82, 2.24) is 15.4 Å². The number of hydrogen-bond donors (Lipinski definition) is 1. The predicted molar refractivity (Wildman–Crippen MR) is 114 cm³/mol. The minimum atomic E-state index is 0.116. The van der Waals surface area contributed by atoms with E-state index in [1.54, 1.807) is 11.9 Å². The Morgan fingerprint density at radius 2 is 2.10 bits per heavy atom. The number of anilines is 1. The molecular formula is C23H30N4O2. The molecule has 0 spiro atoms. The number of terminal acetylenes is 1. The highest BCUT2D eigenvalue weighted by Crippen LogP contribution is 2.27. The lowest BCUT2D eigenvalue weighted by Crippen LogP contribution is -2.40. The molecule has 1 aromatic carbocycles. The van der Waals surface area contributed by atoms with Crippen molar-refractivity contribution in [2.75, 3.05) is 38.6 Å². The van der Waals surface area contributed by atoms with Crippen LogP contribution in [0, 0.1) is 24.2 Å². The molecule has 2 aromatic rings. The Morgan fingerprint density at radius 3 is 2.86 bits per heavy atom. The highest BCUT2D eigenvalue weighted by atomic mass is 16.5. The quantitative estimate of drug-likeness (QED) is 0.698. The van der Waals surface area contributed by atoms with Gasteiger partial charge < -0.3 is 19.6 Å². The van der Waals surface area contributed by atoms with Crippen molar-refractivity contribution >= 4 is 11.6 Å². The number of carbonyl (C=O) groups is 1. The molecule has 2 heterocycles. The number of amides is 1. The molecule has 1 fully saturated rings. The Labute approximate surface area is 173 Å². The third-order valence-corrected chi connectivity index (χ3v) is 5.63. The van der Waals surface area contributed by atoms with Gasteiger partial charge >= 0.3 is 0 Å². The summed E-state index contributed by atoms with van der Waals surface area (Å²) in [6.07, 6.45) is 7.66. The Morgan fingerprint density at radius 1 is 1.31 bits per heavy atom. The van der Waals surface area contributed by atoms with Crippen LogP contribution in [0.1, 0.15) is 24.3 Å². The summed E-state index contributed by atoms with van der Waals surface area (Å²) in [6, 6.07) is 12.2. The third-order valence-electron chi connectivity index (χ3n) is 5.63. The first-order valence-electron chi connectivity index (χ1n) is 10.2. The van der Waals surface area contributed by atoms with Gasteiger partial charge in [0, 0.05) is 32.3 Å². The van der Waals surface area contributed by atoms with Crippen molar-refractivity contribution in [2.24, 2.45) is 11.8 Å². The van der Waals surface area contributed by atoms with Crippen molar-refractivity contribution in [1.29, 1.82) is 0 Å². The molecule has 2 atom stereocenters. The number of benzene rings is 1. The van der Waals surface area contributed by atoms with E-state index in [1.165, 1.54) is 0 Å². The molecule has 1 aliphatic heterocycles. The molecule has 1 amide bonds. The zero-order valence-corrected chi connectivity index (χ0v) is 17.3. The number of nitrogens with zero attached hydrogens (tertiary/aromatic N) is 3. The first-order chi connectivity index (χ1) is 14.1. The van der Waals surface area contributed by atoms with Crippen molar-refractivity contribution in [3.8, 4) is 12.3 Å². The molecule has 1 aromatic heterocycles. The van der Waals surface area contributed by atoms with Crippen LogP contribution < -0.4 is 10.2 Å². The molecule has 0 saturated carbocycles. The third kappa shape index (κ3) is 5.85. The Kier molecular flexibility index (Phi) is 7.31. The maximum atomic E-state index is 12.4. The number of rotatable bonds is 8. The number of hydrogen-bond acceptors (Lipinski definition) is 5. The summed E-state index contributed by atoms with van der Waals surface area (Å²) in [7, 11) is 3.81. The predicted octanol–water partition coefficient (Wildman–Crippen LogP) is 2.56. The molecule has 3 rings (SSSR count). The second-order valence-corrected chi connectivity index (χ2v) is 7.85. The van der Waals surface area contributed by atoms with Crippen LogP contribution in [0.2, 0.25) is 0 Å². The van der Waals surface area contributed by atoms with E-state index < -0.39 is 0 Å². The SMILES string of the molecule is C#CCN(C)C(=O)C[C@H]1CCNC[C@@H]1Cc1cc(CN(C)c2ccccc2)on1. The lowest BCUT2D eigenvalue weighted by atomic mass is 9.81. The van der Waals surface area contributed by atoms with Crippen LogP contribution in [0.15, 0.2) is 40.9 Å². The average Bonchev–Trinajstić information content (AvgIpc) is 3.17. The molecule has 1 aliphatic rings. The van der Waals surface area contributed by atoms with Crippen LogP contribution in [-0.4, -0.2) is 49.7 Å². The largest absolute Gasteiger partial charge is 0.367 e. The van der Waals surface area contributed by atoms with Crippen molar-refractivity contribution in [3.05, 3.63) is 47.9 Å². The van der Waals surface area contributed by atoms with Crippen LogP contribution in [0.5, 0.6) is 0 Å². The van der Waals surface area contributed by atoms with Crippen molar-refractivity contribution in [2.45, 2.75) is 25.8 Å². The number of aromatic nitrogens is 1. The summed E-state index contributed by atoms with van der Waals surface area (Å²) in [5, 5.41) is 7.73. The number of carbonyl (C=O) groups excluding carboxylic acids is 1. The van der Waals surface area contributed by atoms with Crippen LogP contribution in [-0.2, 0) is 17.8 Å².